The number of halogens is 2. The molecule has 1 unspecified atom stereocenters. The van der Waals surface area contributed by atoms with Crippen molar-refractivity contribution < 1.29 is 9.59 Å². The fraction of sp³-hybridized carbons (Fsp3) is 0.467. The van der Waals surface area contributed by atoms with E-state index in [1.807, 2.05) is 13.0 Å². The van der Waals surface area contributed by atoms with Gasteiger partial charge in [-0.25, -0.2) is 4.79 Å². The third-order valence-electron chi connectivity index (χ3n) is 3.50. The molecule has 0 saturated carbocycles. The largest absolute Gasteiger partial charge is 0.352 e. The number of benzene rings is 1. The van der Waals surface area contributed by atoms with Crippen molar-refractivity contribution >= 4 is 35.1 Å². The third-order valence-corrected chi connectivity index (χ3v) is 4.07. The molecule has 22 heavy (non-hydrogen) atoms. The lowest BCUT2D eigenvalue weighted by atomic mass is 10.1. The monoisotopic (exact) mass is 345 g/mol. The van der Waals surface area contributed by atoms with Gasteiger partial charge in [0.2, 0.25) is 5.91 Å². The first kappa shape index (κ1) is 18.6. The molecule has 0 saturated heterocycles. The summed E-state index contributed by atoms with van der Waals surface area (Å²) in [5.41, 5.74) is 5.82. The highest BCUT2D eigenvalue weighted by Gasteiger charge is 2.19. The summed E-state index contributed by atoms with van der Waals surface area (Å²) in [6.07, 6.45) is 1.80. The Balaban J connectivity index is 2.49. The minimum absolute atomic E-state index is 0.0255. The molecule has 1 atom stereocenters. The van der Waals surface area contributed by atoms with E-state index in [4.69, 9.17) is 28.9 Å². The van der Waals surface area contributed by atoms with Crippen molar-refractivity contribution in [3.8, 4) is 0 Å². The molecule has 3 N–H and O–H groups in total. The second-order valence-corrected chi connectivity index (χ2v) is 5.94. The van der Waals surface area contributed by atoms with Crippen molar-refractivity contribution in [3.63, 3.8) is 0 Å². The lowest BCUT2D eigenvalue weighted by Crippen LogP contribution is -2.31. The highest BCUT2D eigenvalue weighted by atomic mass is 35.5. The molecule has 0 spiro atoms. The Labute approximate surface area is 140 Å². The maximum atomic E-state index is 12.2. The number of rotatable bonds is 7. The van der Waals surface area contributed by atoms with Crippen LogP contribution in [-0.4, -0.2) is 30.4 Å². The van der Waals surface area contributed by atoms with Crippen molar-refractivity contribution in [3.05, 3.63) is 33.8 Å². The number of primary amides is 1. The van der Waals surface area contributed by atoms with E-state index in [1.54, 1.807) is 24.1 Å². The Kier molecular flexibility index (Phi) is 7.48. The molecule has 0 heterocycles. The first-order valence-electron chi connectivity index (χ1n) is 7.07. The van der Waals surface area contributed by atoms with Crippen LogP contribution in [0.15, 0.2) is 18.2 Å². The lowest BCUT2D eigenvalue weighted by molar-refractivity contribution is -0.131. The molecule has 0 aliphatic carbocycles. The number of amides is 3. The van der Waals surface area contributed by atoms with Crippen LogP contribution in [0.4, 0.5) is 4.79 Å². The van der Waals surface area contributed by atoms with Crippen LogP contribution in [0.5, 0.6) is 0 Å². The van der Waals surface area contributed by atoms with Crippen LogP contribution in [0.25, 0.3) is 0 Å². The molecule has 3 amide bonds. The summed E-state index contributed by atoms with van der Waals surface area (Å²) in [5, 5.41) is 3.61. The van der Waals surface area contributed by atoms with E-state index in [1.165, 1.54) is 0 Å². The van der Waals surface area contributed by atoms with Gasteiger partial charge in [-0.15, -0.1) is 0 Å². The molecular formula is C15H21Cl2N3O2. The highest BCUT2D eigenvalue weighted by molar-refractivity contribution is 6.35. The van der Waals surface area contributed by atoms with E-state index in [9.17, 15) is 9.59 Å². The van der Waals surface area contributed by atoms with Gasteiger partial charge in [0.05, 0.1) is 6.04 Å². The molecule has 5 nitrogen and oxygen atoms in total. The smallest absolute Gasteiger partial charge is 0.312 e. The summed E-state index contributed by atoms with van der Waals surface area (Å²) in [6.45, 7) is 2.40. The number of urea groups is 1. The summed E-state index contributed by atoms with van der Waals surface area (Å²) in [7, 11) is 1.75. The number of hydrogen-bond donors (Lipinski definition) is 2. The Hall–Kier alpha value is -1.46. The molecule has 0 bridgehead atoms. The van der Waals surface area contributed by atoms with Crippen molar-refractivity contribution in [2.45, 2.75) is 32.2 Å². The molecule has 1 aromatic carbocycles. The molecule has 7 heteroatoms. The standard InChI is InChI=1S/C15H21Cl2N3O2/c1-10(12-7-6-11(16)9-13(12)17)20(2)14(21)5-3-4-8-19-15(18)22/h6-7,9-10H,3-5,8H2,1-2H3,(H3,18,19,22). The van der Waals surface area contributed by atoms with Gasteiger partial charge in [0.25, 0.3) is 0 Å². The number of carbonyl (C=O) groups excluding carboxylic acids is 2. The Morgan fingerprint density at radius 3 is 2.59 bits per heavy atom. The van der Waals surface area contributed by atoms with Crippen LogP contribution < -0.4 is 11.1 Å². The van der Waals surface area contributed by atoms with Crippen molar-refractivity contribution in [2.24, 2.45) is 5.73 Å². The van der Waals surface area contributed by atoms with Crippen molar-refractivity contribution in [1.29, 1.82) is 0 Å². The van der Waals surface area contributed by atoms with Crippen LogP contribution in [0, 0.1) is 0 Å². The van der Waals surface area contributed by atoms with Crippen LogP contribution in [-0.2, 0) is 4.79 Å². The summed E-state index contributed by atoms with van der Waals surface area (Å²) >= 11 is 12.1. The van der Waals surface area contributed by atoms with Gasteiger partial charge in [-0.3, -0.25) is 4.79 Å². The maximum absolute atomic E-state index is 12.2. The van der Waals surface area contributed by atoms with E-state index < -0.39 is 6.03 Å². The third kappa shape index (κ3) is 5.73. The zero-order chi connectivity index (χ0) is 16.7. The van der Waals surface area contributed by atoms with Crippen molar-refractivity contribution in [1.82, 2.24) is 10.2 Å². The number of nitrogens with one attached hydrogen (secondary N) is 1. The molecule has 122 valence electrons. The number of hydrogen-bond acceptors (Lipinski definition) is 2. The maximum Gasteiger partial charge on any atom is 0.312 e. The topological polar surface area (TPSA) is 75.4 Å². The summed E-state index contributed by atoms with van der Waals surface area (Å²) in [6, 6.07) is 4.57. The molecular weight excluding hydrogens is 325 g/mol. The first-order chi connectivity index (χ1) is 10.3. The average Bonchev–Trinajstić information content (AvgIpc) is 2.45. The second-order valence-electron chi connectivity index (χ2n) is 5.09. The van der Waals surface area contributed by atoms with E-state index in [0.717, 1.165) is 5.56 Å². The molecule has 0 fully saturated rings. The molecule has 0 aromatic heterocycles. The first-order valence-corrected chi connectivity index (χ1v) is 7.82. The van der Waals surface area contributed by atoms with Crippen LogP contribution >= 0.6 is 23.2 Å². The van der Waals surface area contributed by atoms with Gasteiger partial charge in [0, 0.05) is 30.1 Å². The minimum Gasteiger partial charge on any atom is -0.352 e. The summed E-state index contributed by atoms with van der Waals surface area (Å²) in [4.78, 5) is 24.4. The van der Waals surface area contributed by atoms with E-state index in [0.29, 0.717) is 35.9 Å². The Bertz CT molecular complexity index is 538. The Morgan fingerprint density at radius 2 is 2.00 bits per heavy atom. The molecule has 0 aliphatic heterocycles. The van der Waals surface area contributed by atoms with Gasteiger partial charge in [0.1, 0.15) is 0 Å². The predicted octanol–water partition coefficient (Wildman–Crippen LogP) is 3.35. The summed E-state index contributed by atoms with van der Waals surface area (Å²) in [5.74, 6) is 0.0255. The SMILES string of the molecule is CC(c1ccc(Cl)cc1Cl)N(C)C(=O)CCCCNC(N)=O. The second kappa shape index (κ2) is 8.86. The van der Waals surface area contributed by atoms with Crippen LogP contribution in [0.2, 0.25) is 10.0 Å². The Morgan fingerprint density at radius 1 is 1.32 bits per heavy atom. The van der Waals surface area contributed by atoms with E-state index >= 15 is 0 Å². The zero-order valence-electron chi connectivity index (χ0n) is 12.7. The molecule has 1 aromatic rings. The van der Waals surface area contributed by atoms with Gasteiger partial charge >= 0.3 is 6.03 Å². The number of unbranched alkanes of at least 4 members (excludes halogenated alkanes) is 1. The lowest BCUT2D eigenvalue weighted by Gasteiger charge is -2.26. The zero-order valence-corrected chi connectivity index (χ0v) is 14.2. The quantitative estimate of drug-likeness (QED) is 0.743. The van der Waals surface area contributed by atoms with Crippen molar-refractivity contribution in [2.75, 3.05) is 13.6 Å². The average molecular weight is 346 g/mol. The van der Waals surface area contributed by atoms with Crippen LogP contribution in [0.1, 0.15) is 37.8 Å². The molecule has 0 aliphatic rings. The van der Waals surface area contributed by atoms with Crippen LogP contribution in [0.3, 0.4) is 0 Å². The minimum atomic E-state index is -0.547. The number of nitrogens with zero attached hydrogens (tertiary/aromatic N) is 1. The van der Waals surface area contributed by atoms with Gasteiger partial charge in [-0.2, -0.15) is 0 Å². The van der Waals surface area contributed by atoms with E-state index in [2.05, 4.69) is 5.32 Å². The fourth-order valence-electron chi connectivity index (χ4n) is 2.05. The summed E-state index contributed by atoms with van der Waals surface area (Å²) < 4.78 is 0. The molecule has 0 radical (unpaired) electrons. The van der Waals surface area contributed by atoms with Gasteiger partial charge in [0.15, 0.2) is 0 Å². The van der Waals surface area contributed by atoms with E-state index in [-0.39, 0.29) is 11.9 Å². The number of carbonyl (C=O) groups is 2. The number of nitrogens with two attached hydrogens (primary N) is 1. The fourth-order valence-corrected chi connectivity index (χ4v) is 2.62. The normalized spacial score (nSPS) is 11.8. The van der Waals surface area contributed by atoms with Gasteiger partial charge < -0.3 is 16.0 Å². The highest BCUT2D eigenvalue weighted by Crippen LogP contribution is 2.29. The molecule has 1 rings (SSSR count). The predicted molar refractivity (Wildman–Crippen MR) is 89.1 cm³/mol. The van der Waals surface area contributed by atoms with Gasteiger partial charge in [-0.1, -0.05) is 29.3 Å². The van der Waals surface area contributed by atoms with Gasteiger partial charge in [-0.05, 0) is 37.5 Å².